The molecule has 4 aromatic rings. The van der Waals surface area contributed by atoms with Crippen LogP contribution in [0.2, 0.25) is 0 Å². The number of hydrogen-bond donors (Lipinski definition) is 0. The van der Waals surface area contributed by atoms with Crippen molar-refractivity contribution in [2.45, 2.75) is 39.8 Å². The third-order valence-electron chi connectivity index (χ3n) is 6.45. The number of aromatic nitrogens is 3. The van der Waals surface area contributed by atoms with E-state index in [0.717, 1.165) is 41.2 Å². The lowest BCUT2D eigenvalue weighted by atomic mass is 10.1. The zero-order valence-corrected chi connectivity index (χ0v) is 18.6. The Labute approximate surface area is 180 Å². The van der Waals surface area contributed by atoms with E-state index >= 15 is 0 Å². The Morgan fingerprint density at radius 3 is 2.52 bits per heavy atom. The van der Waals surface area contributed by atoms with E-state index in [2.05, 4.69) is 46.7 Å². The lowest BCUT2D eigenvalue weighted by Gasteiger charge is -2.43. The molecule has 4 heterocycles. The SMILES string of the molecule is Cc1cn2cc(-c3cc4ccc(N5C[C@@H](C)N(C)[C@@H](C)C5)cc4c(=O)o3)nc2c(C)n1. The summed E-state index contributed by atoms with van der Waals surface area (Å²) >= 11 is 0. The van der Waals surface area contributed by atoms with E-state index in [1.54, 1.807) is 0 Å². The number of imidazole rings is 1. The number of fused-ring (bicyclic) bond motifs is 2. The molecule has 0 radical (unpaired) electrons. The van der Waals surface area contributed by atoms with E-state index in [0.29, 0.717) is 28.9 Å². The van der Waals surface area contributed by atoms with E-state index in [1.165, 1.54) is 0 Å². The molecular formula is C24H27N5O2. The summed E-state index contributed by atoms with van der Waals surface area (Å²) in [5, 5.41) is 1.45. The summed E-state index contributed by atoms with van der Waals surface area (Å²) < 4.78 is 7.63. The molecule has 0 aliphatic carbocycles. The van der Waals surface area contributed by atoms with Gasteiger partial charge in [-0.05, 0) is 58.3 Å². The lowest BCUT2D eigenvalue weighted by molar-refractivity contribution is 0.170. The monoisotopic (exact) mass is 417 g/mol. The third kappa shape index (κ3) is 3.39. The second kappa shape index (κ2) is 7.20. The number of rotatable bonds is 2. The summed E-state index contributed by atoms with van der Waals surface area (Å²) in [5.74, 6) is 0.466. The quantitative estimate of drug-likeness (QED) is 0.496. The van der Waals surface area contributed by atoms with Crippen LogP contribution in [-0.4, -0.2) is 51.5 Å². The Balaban J connectivity index is 1.54. The molecule has 0 bridgehead atoms. The van der Waals surface area contributed by atoms with Crippen LogP contribution in [0.5, 0.6) is 0 Å². The van der Waals surface area contributed by atoms with Crippen LogP contribution in [0.25, 0.3) is 27.9 Å². The average Bonchev–Trinajstić information content (AvgIpc) is 3.16. The molecule has 1 aliphatic heterocycles. The van der Waals surface area contributed by atoms with Gasteiger partial charge in [0.15, 0.2) is 11.4 Å². The molecule has 160 valence electrons. The van der Waals surface area contributed by atoms with Crippen LogP contribution >= 0.6 is 0 Å². The van der Waals surface area contributed by atoms with Crippen molar-refractivity contribution in [3.63, 3.8) is 0 Å². The minimum Gasteiger partial charge on any atom is -0.421 e. The van der Waals surface area contributed by atoms with Gasteiger partial charge in [0.1, 0.15) is 5.69 Å². The largest absolute Gasteiger partial charge is 0.421 e. The zero-order chi connectivity index (χ0) is 21.9. The van der Waals surface area contributed by atoms with Gasteiger partial charge >= 0.3 is 5.63 Å². The lowest BCUT2D eigenvalue weighted by Crippen LogP contribution is -2.55. The Morgan fingerprint density at radius 2 is 1.77 bits per heavy atom. The number of nitrogens with zero attached hydrogens (tertiary/aromatic N) is 5. The van der Waals surface area contributed by atoms with Crippen molar-refractivity contribution in [2.75, 3.05) is 25.0 Å². The topological polar surface area (TPSA) is 66.9 Å². The van der Waals surface area contributed by atoms with Crippen molar-refractivity contribution in [1.29, 1.82) is 0 Å². The zero-order valence-electron chi connectivity index (χ0n) is 18.6. The Bertz CT molecular complexity index is 1340. The highest BCUT2D eigenvalue weighted by Gasteiger charge is 2.26. The minimum atomic E-state index is -0.340. The maximum Gasteiger partial charge on any atom is 0.344 e. The van der Waals surface area contributed by atoms with Crippen LogP contribution in [0.15, 0.2) is 45.9 Å². The van der Waals surface area contributed by atoms with Crippen molar-refractivity contribution in [2.24, 2.45) is 0 Å². The van der Waals surface area contributed by atoms with Crippen LogP contribution in [0, 0.1) is 13.8 Å². The fourth-order valence-electron chi connectivity index (χ4n) is 4.53. The minimum absolute atomic E-state index is 0.340. The molecular weight excluding hydrogens is 390 g/mol. The third-order valence-corrected chi connectivity index (χ3v) is 6.45. The summed E-state index contributed by atoms with van der Waals surface area (Å²) in [7, 11) is 2.17. The smallest absolute Gasteiger partial charge is 0.344 e. The molecule has 0 unspecified atom stereocenters. The van der Waals surface area contributed by atoms with Crippen LogP contribution in [0.4, 0.5) is 5.69 Å². The fourth-order valence-corrected chi connectivity index (χ4v) is 4.53. The summed E-state index contributed by atoms with van der Waals surface area (Å²) in [5.41, 5.74) is 3.86. The average molecular weight is 418 g/mol. The van der Waals surface area contributed by atoms with Gasteiger partial charge < -0.3 is 13.7 Å². The summed E-state index contributed by atoms with van der Waals surface area (Å²) in [4.78, 5) is 26.7. The summed E-state index contributed by atoms with van der Waals surface area (Å²) in [6, 6.07) is 8.86. The van der Waals surface area contributed by atoms with E-state index < -0.39 is 0 Å². The summed E-state index contributed by atoms with van der Waals surface area (Å²) in [6.45, 7) is 10.2. The standard InChI is InChI=1S/C24H27N5O2/c1-14-10-29-13-21(26-23(29)17(4)25-14)22-8-18-6-7-19(9-20(18)24(30)31-22)28-11-15(2)27(5)16(3)12-28/h6-10,13,15-16H,11-12H2,1-5H3/t15-,16+. The van der Waals surface area contributed by atoms with Gasteiger partial charge in [-0.15, -0.1) is 0 Å². The van der Waals surface area contributed by atoms with Gasteiger partial charge in [0.2, 0.25) is 0 Å². The van der Waals surface area contributed by atoms with Crippen molar-refractivity contribution in [3.8, 4) is 11.5 Å². The van der Waals surface area contributed by atoms with Gasteiger partial charge in [0, 0.05) is 43.3 Å². The molecule has 0 spiro atoms. The second-order valence-electron chi connectivity index (χ2n) is 8.76. The predicted octanol–water partition coefficient (Wildman–Crippen LogP) is 3.65. The van der Waals surface area contributed by atoms with E-state index in [4.69, 9.17) is 4.42 Å². The molecule has 1 fully saturated rings. The number of hydrogen-bond acceptors (Lipinski definition) is 6. The highest BCUT2D eigenvalue weighted by molar-refractivity contribution is 5.87. The molecule has 31 heavy (non-hydrogen) atoms. The molecule has 1 aliphatic rings. The molecule has 1 aromatic carbocycles. The van der Waals surface area contributed by atoms with Crippen molar-refractivity contribution >= 4 is 22.1 Å². The van der Waals surface area contributed by atoms with Crippen LogP contribution < -0.4 is 10.5 Å². The van der Waals surface area contributed by atoms with Crippen LogP contribution in [0.1, 0.15) is 25.2 Å². The molecule has 7 nitrogen and oxygen atoms in total. The first-order chi connectivity index (χ1) is 14.8. The maximum atomic E-state index is 12.9. The predicted molar refractivity (Wildman–Crippen MR) is 123 cm³/mol. The Kier molecular flexibility index (Phi) is 4.59. The Morgan fingerprint density at radius 1 is 1.03 bits per heavy atom. The molecule has 3 aromatic heterocycles. The number of likely N-dealkylation sites (N-methyl/N-ethyl adjacent to an activating group) is 1. The second-order valence-corrected chi connectivity index (χ2v) is 8.76. The number of benzene rings is 1. The van der Waals surface area contributed by atoms with Gasteiger partial charge in [-0.2, -0.15) is 0 Å². The van der Waals surface area contributed by atoms with Gasteiger partial charge in [-0.3, -0.25) is 9.88 Å². The molecule has 0 amide bonds. The Hall–Kier alpha value is -3.19. The number of aryl methyl sites for hydroxylation is 2. The molecule has 5 rings (SSSR count). The first-order valence-electron chi connectivity index (χ1n) is 10.7. The molecule has 7 heteroatoms. The fraction of sp³-hybridized carbons (Fsp3) is 0.375. The molecule has 1 saturated heterocycles. The molecule has 0 saturated carbocycles. The van der Waals surface area contributed by atoms with E-state index in [-0.39, 0.29) is 5.63 Å². The first-order valence-corrected chi connectivity index (χ1v) is 10.7. The van der Waals surface area contributed by atoms with Crippen LogP contribution in [0.3, 0.4) is 0 Å². The van der Waals surface area contributed by atoms with Crippen LogP contribution in [-0.2, 0) is 0 Å². The first kappa shape index (κ1) is 19.8. The molecule has 2 atom stereocenters. The van der Waals surface area contributed by atoms with Gasteiger partial charge in [0.25, 0.3) is 0 Å². The van der Waals surface area contributed by atoms with Gasteiger partial charge in [-0.1, -0.05) is 6.07 Å². The highest BCUT2D eigenvalue weighted by Crippen LogP contribution is 2.27. The van der Waals surface area contributed by atoms with Crippen molar-refractivity contribution < 1.29 is 4.42 Å². The van der Waals surface area contributed by atoms with Gasteiger partial charge in [0.05, 0.1) is 16.8 Å². The maximum absolute atomic E-state index is 12.9. The number of piperazine rings is 1. The number of anilines is 1. The van der Waals surface area contributed by atoms with Gasteiger partial charge in [-0.25, -0.2) is 9.78 Å². The van der Waals surface area contributed by atoms with Crippen molar-refractivity contribution in [1.82, 2.24) is 19.3 Å². The summed E-state index contributed by atoms with van der Waals surface area (Å²) in [6.07, 6.45) is 3.80. The van der Waals surface area contributed by atoms with E-state index in [1.807, 2.05) is 48.8 Å². The van der Waals surface area contributed by atoms with Crippen molar-refractivity contribution in [3.05, 3.63) is 58.5 Å². The highest BCUT2D eigenvalue weighted by atomic mass is 16.4. The normalized spacial score (nSPS) is 20.1. The van der Waals surface area contributed by atoms with E-state index in [9.17, 15) is 4.79 Å². The molecule has 0 N–H and O–H groups in total.